The Morgan fingerprint density at radius 3 is 3.27 bits per heavy atom. The minimum absolute atomic E-state index is 0.0990. The van der Waals surface area contributed by atoms with Crippen LogP contribution in [-0.4, -0.2) is 34.6 Å². The molecule has 1 amide bonds. The minimum Gasteiger partial charge on any atom is -0.393 e. The Morgan fingerprint density at radius 1 is 1.64 bits per heavy atom. The van der Waals surface area contributed by atoms with Crippen LogP contribution in [0, 0.1) is 0 Å². The maximum Gasteiger partial charge on any atom is 0.246 e. The zero-order valence-corrected chi connectivity index (χ0v) is 6.23. The topological polar surface area (TPSA) is 40.5 Å². The number of aliphatic hydroxyl groups is 1. The molecule has 2 atom stereocenters. The van der Waals surface area contributed by atoms with Crippen molar-refractivity contribution in [3.8, 4) is 0 Å². The highest BCUT2D eigenvalue weighted by Gasteiger charge is 2.31. The number of nitrogens with zero attached hydrogens (tertiary/aromatic N) is 1. The summed E-state index contributed by atoms with van der Waals surface area (Å²) in [6, 6.07) is 0.172. The van der Waals surface area contributed by atoms with E-state index < -0.39 is 0 Å². The zero-order valence-electron chi connectivity index (χ0n) is 6.23. The molecule has 3 heteroatoms. The van der Waals surface area contributed by atoms with Crippen molar-refractivity contribution < 1.29 is 9.90 Å². The van der Waals surface area contributed by atoms with Crippen LogP contribution in [-0.2, 0) is 4.79 Å². The number of amides is 1. The molecule has 2 rings (SSSR count). The van der Waals surface area contributed by atoms with E-state index in [0.717, 1.165) is 6.42 Å². The number of rotatable bonds is 0. The third kappa shape index (κ3) is 1.05. The fourth-order valence-electron chi connectivity index (χ4n) is 1.72. The molecule has 60 valence electrons. The molecule has 0 aromatic heterocycles. The summed E-state index contributed by atoms with van der Waals surface area (Å²) in [6.45, 7) is 0.706. The number of hydrogen-bond donors (Lipinski definition) is 1. The Hall–Kier alpha value is -0.830. The van der Waals surface area contributed by atoms with Crippen molar-refractivity contribution in [2.45, 2.75) is 25.0 Å². The second-order valence-electron chi connectivity index (χ2n) is 3.14. The highest BCUT2D eigenvalue weighted by molar-refractivity contribution is 5.90. The third-order valence-corrected chi connectivity index (χ3v) is 2.36. The van der Waals surface area contributed by atoms with Crippen LogP contribution in [0.2, 0.25) is 0 Å². The van der Waals surface area contributed by atoms with Gasteiger partial charge in [-0.15, -0.1) is 0 Å². The number of carbonyl (C=O) groups is 1. The standard InChI is InChI=1S/C8H11NO2/c10-7-3-4-9-6(5-7)1-2-8(9)11/h1-2,6-7,10H,3-5H2/t6-,7-/m1/s1. The third-order valence-electron chi connectivity index (χ3n) is 2.36. The van der Waals surface area contributed by atoms with Gasteiger partial charge in [0.2, 0.25) is 5.91 Å². The summed E-state index contributed by atoms with van der Waals surface area (Å²) in [7, 11) is 0. The molecule has 0 unspecified atom stereocenters. The molecule has 0 aliphatic carbocycles. The van der Waals surface area contributed by atoms with Gasteiger partial charge in [-0.05, 0) is 12.8 Å². The van der Waals surface area contributed by atoms with Crippen molar-refractivity contribution in [2.75, 3.05) is 6.54 Å². The van der Waals surface area contributed by atoms with E-state index in [1.807, 2.05) is 11.0 Å². The van der Waals surface area contributed by atoms with Gasteiger partial charge in [0.15, 0.2) is 0 Å². The number of hydrogen-bond acceptors (Lipinski definition) is 2. The van der Waals surface area contributed by atoms with Gasteiger partial charge in [-0.2, -0.15) is 0 Å². The molecule has 1 fully saturated rings. The van der Waals surface area contributed by atoms with E-state index >= 15 is 0 Å². The van der Waals surface area contributed by atoms with Gasteiger partial charge in [-0.1, -0.05) is 6.08 Å². The molecular formula is C8H11NO2. The second kappa shape index (κ2) is 2.34. The van der Waals surface area contributed by atoms with Gasteiger partial charge in [0.1, 0.15) is 0 Å². The zero-order chi connectivity index (χ0) is 7.84. The van der Waals surface area contributed by atoms with E-state index in [9.17, 15) is 9.90 Å². The van der Waals surface area contributed by atoms with Crippen molar-refractivity contribution in [3.05, 3.63) is 12.2 Å². The first kappa shape index (κ1) is 6.85. The van der Waals surface area contributed by atoms with Crippen LogP contribution in [0.15, 0.2) is 12.2 Å². The normalized spacial score (nSPS) is 36.1. The monoisotopic (exact) mass is 153 g/mol. The fraction of sp³-hybridized carbons (Fsp3) is 0.625. The summed E-state index contributed by atoms with van der Waals surface area (Å²) >= 11 is 0. The molecule has 0 radical (unpaired) electrons. The van der Waals surface area contributed by atoms with Gasteiger partial charge in [0, 0.05) is 12.6 Å². The predicted octanol–water partition coefficient (Wildman–Crippen LogP) is -0.0919. The van der Waals surface area contributed by atoms with Crippen LogP contribution >= 0.6 is 0 Å². The molecule has 2 heterocycles. The van der Waals surface area contributed by atoms with Crippen molar-refractivity contribution in [2.24, 2.45) is 0 Å². The highest BCUT2D eigenvalue weighted by atomic mass is 16.3. The van der Waals surface area contributed by atoms with Gasteiger partial charge in [-0.25, -0.2) is 0 Å². The summed E-state index contributed by atoms with van der Waals surface area (Å²) in [5, 5.41) is 9.27. The molecular weight excluding hydrogens is 142 g/mol. The van der Waals surface area contributed by atoms with E-state index in [2.05, 4.69) is 0 Å². The van der Waals surface area contributed by atoms with Gasteiger partial charge >= 0.3 is 0 Å². The largest absolute Gasteiger partial charge is 0.393 e. The lowest BCUT2D eigenvalue weighted by atomic mass is 10.0. The Morgan fingerprint density at radius 2 is 2.45 bits per heavy atom. The van der Waals surface area contributed by atoms with E-state index in [1.165, 1.54) is 0 Å². The highest BCUT2D eigenvalue weighted by Crippen LogP contribution is 2.22. The summed E-state index contributed by atoms with van der Waals surface area (Å²) in [5.74, 6) is 0.0990. The van der Waals surface area contributed by atoms with Crippen LogP contribution in [0.25, 0.3) is 0 Å². The van der Waals surface area contributed by atoms with Gasteiger partial charge in [-0.3, -0.25) is 4.79 Å². The van der Waals surface area contributed by atoms with Gasteiger partial charge < -0.3 is 10.0 Å². The number of carbonyl (C=O) groups excluding carboxylic acids is 1. The maximum atomic E-state index is 11.1. The average Bonchev–Trinajstić information content (AvgIpc) is 2.32. The van der Waals surface area contributed by atoms with Crippen molar-refractivity contribution in [1.82, 2.24) is 4.90 Å². The van der Waals surface area contributed by atoms with Crippen LogP contribution in [0.5, 0.6) is 0 Å². The first-order valence-corrected chi connectivity index (χ1v) is 3.94. The summed E-state index contributed by atoms with van der Waals surface area (Å²) in [5.41, 5.74) is 0. The SMILES string of the molecule is O=C1C=C[C@@H]2C[C@H](O)CCN12. The summed E-state index contributed by atoms with van der Waals surface area (Å²) in [4.78, 5) is 12.9. The molecule has 1 saturated heterocycles. The second-order valence-corrected chi connectivity index (χ2v) is 3.14. The van der Waals surface area contributed by atoms with Crippen molar-refractivity contribution in [3.63, 3.8) is 0 Å². The molecule has 0 aromatic carbocycles. The fourth-order valence-corrected chi connectivity index (χ4v) is 1.72. The maximum absolute atomic E-state index is 11.1. The summed E-state index contributed by atoms with van der Waals surface area (Å²) in [6.07, 6.45) is 4.70. The Balaban J connectivity index is 2.11. The van der Waals surface area contributed by atoms with E-state index in [-0.39, 0.29) is 18.1 Å². The van der Waals surface area contributed by atoms with Crippen molar-refractivity contribution >= 4 is 5.91 Å². The smallest absolute Gasteiger partial charge is 0.246 e. The molecule has 11 heavy (non-hydrogen) atoms. The average molecular weight is 153 g/mol. The van der Waals surface area contributed by atoms with Crippen LogP contribution in [0.1, 0.15) is 12.8 Å². The first-order valence-electron chi connectivity index (χ1n) is 3.94. The molecule has 0 bridgehead atoms. The molecule has 0 aromatic rings. The van der Waals surface area contributed by atoms with Gasteiger partial charge in [0.05, 0.1) is 12.1 Å². The minimum atomic E-state index is -0.216. The Kier molecular flexibility index (Phi) is 1.46. The first-order chi connectivity index (χ1) is 5.27. The molecule has 2 aliphatic rings. The molecule has 0 saturated carbocycles. The summed E-state index contributed by atoms with van der Waals surface area (Å²) < 4.78 is 0. The van der Waals surface area contributed by atoms with Crippen LogP contribution in [0.3, 0.4) is 0 Å². The molecule has 2 aliphatic heterocycles. The molecule has 0 spiro atoms. The van der Waals surface area contributed by atoms with Crippen LogP contribution < -0.4 is 0 Å². The number of piperidine rings is 1. The van der Waals surface area contributed by atoms with E-state index in [1.54, 1.807) is 6.08 Å². The molecule has 1 N–H and O–H groups in total. The molecule has 3 nitrogen and oxygen atoms in total. The Labute approximate surface area is 65.3 Å². The lowest BCUT2D eigenvalue weighted by molar-refractivity contribution is -0.128. The van der Waals surface area contributed by atoms with Crippen molar-refractivity contribution in [1.29, 1.82) is 0 Å². The number of aliphatic hydroxyl groups excluding tert-OH is 1. The lowest BCUT2D eigenvalue weighted by Crippen LogP contribution is -2.42. The quantitative estimate of drug-likeness (QED) is 0.528. The lowest BCUT2D eigenvalue weighted by Gasteiger charge is -2.32. The van der Waals surface area contributed by atoms with Crippen LogP contribution in [0.4, 0.5) is 0 Å². The Bertz CT molecular complexity index is 212. The predicted molar refractivity (Wildman–Crippen MR) is 39.9 cm³/mol. The van der Waals surface area contributed by atoms with E-state index in [0.29, 0.717) is 13.0 Å². The van der Waals surface area contributed by atoms with E-state index in [4.69, 9.17) is 0 Å². The number of fused-ring (bicyclic) bond motifs is 1. The van der Waals surface area contributed by atoms with Gasteiger partial charge in [0.25, 0.3) is 0 Å².